The largest absolute Gasteiger partial charge is 0.433 e. The topological polar surface area (TPSA) is 77.1 Å². The van der Waals surface area contributed by atoms with Crippen molar-refractivity contribution in [3.63, 3.8) is 0 Å². The average molecular weight is 414 g/mol. The first kappa shape index (κ1) is 19.6. The summed E-state index contributed by atoms with van der Waals surface area (Å²) in [5, 5.41) is 6.48. The van der Waals surface area contributed by atoms with E-state index < -0.39 is 17.8 Å². The van der Waals surface area contributed by atoms with E-state index in [0.717, 1.165) is 12.3 Å². The molecule has 4 rings (SSSR count). The molecule has 0 radical (unpaired) electrons. The number of amides is 1. The zero-order chi connectivity index (χ0) is 21.1. The number of alkyl halides is 3. The van der Waals surface area contributed by atoms with Crippen LogP contribution in [0.25, 0.3) is 16.9 Å². The molecule has 0 aliphatic heterocycles. The van der Waals surface area contributed by atoms with Gasteiger partial charge in [0.05, 0.1) is 18.2 Å². The third-order valence-electron chi connectivity index (χ3n) is 4.51. The zero-order valence-corrected chi connectivity index (χ0v) is 15.7. The van der Waals surface area contributed by atoms with Gasteiger partial charge >= 0.3 is 6.18 Å². The number of hydrogen-bond donors (Lipinski definition) is 1. The summed E-state index contributed by atoms with van der Waals surface area (Å²) in [4.78, 5) is 20.8. The molecule has 10 heteroatoms. The number of nitrogens with one attached hydrogen (secondary N) is 1. The van der Waals surface area contributed by atoms with Crippen molar-refractivity contribution in [1.29, 1.82) is 0 Å². The molecule has 0 unspecified atom stereocenters. The minimum atomic E-state index is -4.66. The molecule has 0 aliphatic rings. The first-order valence-electron chi connectivity index (χ1n) is 9.19. The summed E-state index contributed by atoms with van der Waals surface area (Å²) >= 11 is 0. The first-order valence-corrected chi connectivity index (χ1v) is 9.19. The fourth-order valence-electron chi connectivity index (χ4n) is 3.06. The first-order chi connectivity index (χ1) is 14.4. The van der Waals surface area contributed by atoms with Crippen LogP contribution >= 0.6 is 0 Å². The summed E-state index contributed by atoms with van der Waals surface area (Å²) in [5.41, 5.74) is -0.523. The number of imidazole rings is 1. The highest BCUT2D eigenvalue weighted by atomic mass is 19.4. The Balaban J connectivity index is 1.62. The summed E-state index contributed by atoms with van der Waals surface area (Å²) in [6.45, 7) is 1.00. The number of aromatic nitrogens is 5. The van der Waals surface area contributed by atoms with Crippen LogP contribution in [0.15, 0.2) is 61.3 Å². The normalized spacial score (nSPS) is 11.7. The van der Waals surface area contributed by atoms with Crippen molar-refractivity contribution >= 4 is 11.6 Å². The maximum Gasteiger partial charge on any atom is 0.433 e. The molecule has 0 bridgehead atoms. The lowest BCUT2D eigenvalue weighted by Crippen LogP contribution is -2.25. The van der Waals surface area contributed by atoms with E-state index >= 15 is 0 Å². The standard InChI is InChI=1S/C20H17F3N6O/c21-20(22,23)17-11-16(14-5-2-1-3-6-14)27-18-15(12-26-29(17)18)19(30)25-7-4-9-28-10-8-24-13-28/h1-3,5-6,8,10-13H,4,7,9H2,(H,25,30). The van der Waals surface area contributed by atoms with Gasteiger partial charge in [0.15, 0.2) is 11.3 Å². The highest BCUT2D eigenvalue weighted by molar-refractivity contribution is 5.99. The summed E-state index contributed by atoms with van der Waals surface area (Å²) in [6.07, 6.45) is 2.22. The van der Waals surface area contributed by atoms with Gasteiger partial charge in [-0.05, 0) is 12.5 Å². The Morgan fingerprint density at radius 3 is 2.67 bits per heavy atom. The van der Waals surface area contributed by atoms with Gasteiger partial charge in [-0.1, -0.05) is 30.3 Å². The van der Waals surface area contributed by atoms with Gasteiger partial charge < -0.3 is 9.88 Å². The van der Waals surface area contributed by atoms with Crippen molar-refractivity contribution in [2.24, 2.45) is 0 Å². The van der Waals surface area contributed by atoms with E-state index in [0.29, 0.717) is 29.6 Å². The summed E-state index contributed by atoms with van der Waals surface area (Å²) in [5.74, 6) is -0.526. The Morgan fingerprint density at radius 2 is 1.97 bits per heavy atom. The molecule has 0 saturated carbocycles. The molecular weight excluding hydrogens is 397 g/mol. The van der Waals surface area contributed by atoms with Crippen LogP contribution in [-0.2, 0) is 12.7 Å². The SMILES string of the molecule is O=C(NCCCn1ccnc1)c1cnn2c(C(F)(F)F)cc(-c3ccccc3)nc12. The number of fused-ring (bicyclic) bond motifs is 1. The summed E-state index contributed by atoms with van der Waals surface area (Å²) in [7, 11) is 0. The number of carbonyl (C=O) groups excluding carboxylic acids is 1. The van der Waals surface area contributed by atoms with E-state index in [2.05, 4.69) is 20.4 Å². The molecule has 0 fully saturated rings. The van der Waals surface area contributed by atoms with E-state index in [9.17, 15) is 18.0 Å². The van der Waals surface area contributed by atoms with E-state index in [1.54, 1.807) is 49.1 Å². The molecule has 1 amide bonds. The van der Waals surface area contributed by atoms with Gasteiger partial charge in [0.25, 0.3) is 5.91 Å². The minimum absolute atomic E-state index is 0.0130. The van der Waals surface area contributed by atoms with Crippen LogP contribution < -0.4 is 5.32 Å². The van der Waals surface area contributed by atoms with Gasteiger partial charge in [-0.3, -0.25) is 4.79 Å². The van der Waals surface area contributed by atoms with Gasteiger partial charge in [-0.25, -0.2) is 14.5 Å². The highest BCUT2D eigenvalue weighted by Crippen LogP contribution is 2.32. The number of hydrogen-bond acceptors (Lipinski definition) is 4. The molecule has 3 heterocycles. The smallest absolute Gasteiger partial charge is 0.352 e. The molecule has 1 aromatic carbocycles. The lowest BCUT2D eigenvalue weighted by molar-refractivity contribution is -0.142. The van der Waals surface area contributed by atoms with E-state index in [1.165, 1.54) is 0 Å². The van der Waals surface area contributed by atoms with Gasteiger partial charge in [-0.2, -0.15) is 18.3 Å². The van der Waals surface area contributed by atoms with Crippen molar-refractivity contribution in [2.45, 2.75) is 19.1 Å². The fourth-order valence-corrected chi connectivity index (χ4v) is 3.06. The summed E-state index contributed by atoms with van der Waals surface area (Å²) in [6, 6.07) is 9.42. The monoisotopic (exact) mass is 414 g/mol. The fraction of sp³-hybridized carbons (Fsp3) is 0.200. The Morgan fingerprint density at radius 1 is 1.17 bits per heavy atom. The van der Waals surface area contributed by atoms with E-state index in [1.807, 2.05) is 4.57 Å². The maximum atomic E-state index is 13.6. The predicted molar refractivity (Wildman–Crippen MR) is 103 cm³/mol. The zero-order valence-electron chi connectivity index (χ0n) is 15.7. The van der Waals surface area contributed by atoms with Crippen LogP contribution in [0.5, 0.6) is 0 Å². The highest BCUT2D eigenvalue weighted by Gasteiger charge is 2.36. The van der Waals surface area contributed by atoms with Crippen LogP contribution in [-0.4, -0.2) is 36.6 Å². The number of carbonyl (C=O) groups is 1. The van der Waals surface area contributed by atoms with Crippen molar-refractivity contribution < 1.29 is 18.0 Å². The molecule has 154 valence electrons. The molecule has 1 N–H and O–H groups in total. The number of rotatable bonds is 6. The quantitative estimate of drug-likeness (QED) is 0.491. The number of benzene rings is 1. The van der Waals surface area contributed by atoms with Crippen LogP contribution in [0.1, 0.15) is 22.5 Å². The number of nitrogens with zero attached hydrogens (tertiary/aromatic N) is 5. The molecule has 0 saturated heterocycles. The Bertz CT molecular complexity index is 1150. The van der Waals surface area contributed by atoms with Gasteiger partial charge in [0.2, 0.25) is 0 Å². The molecule has 0 aliphatic carbocycles. The molecule has 4 aromatic rings. The summed E-state index contributed by atoms with van der Waals surface area (Å²) < 4.78 is 43.4. The third-order valence-corrected chi connectivity index (χ3v) is 4.51. The third kappa shape index (κ3) is 4.02. The number of halogens is 3. The average Bonchev–Trinajstić information content (AvgIpc) is 3.40. The predicted octanol–water partition coefficient (Wildman–Crippen LogP) is 3.43. The molecule has 7 nitrogen and oxygen atoms in total. The minimum Gasteiger partial charge on any atom is -0.352 e. The second-order valence-electron chi connectivity index (χ2n) is 6.59. The van der Waals surface area contributed by atoms with Crippen LogP contribution in [0.4, 0.5) is 13.2 Å². The molecule has 3 aromatic heterocycles. The van der Waals surface area contributed by atoms with E-state index in [-0.39, 0.29) is 16.9 Å². The Labute approximate surface area is 169 Å². The van der Waals surface area contributed by atoms with Gasteiger partial charge in [-0.15, -0.1) is 0 Å². The van der Waals surface area contributed by atoms with Crippen LogP contribution in [0.2, 0.25) is 0 Å². The van der Waals surface area contributed by atoms with Crippen molar-refractivity contribution in [1.82, 2.24) is 29.5 Å². The van der Waals surface area contributed by atoms with Crippen molar-refractivity contribution in [2.75, 3.05) is 6.54 Å². The van der Waals surface area contributed by atoms with Gasteiger partial charge in [0.1, 0.15) is 5.56 Å². The van der Waals surface area contributed by atoms with Crippen LogP contribution in [0.3, 0.4) is 0 Å². The molecular formula is C20H17F3N6O. The van der Waals surface area contributed by atoms with Crippen molar-refractivity contribution in [3.05, 3.63) is 72.6 Å². The lowest BCUT2D eigenvalue weighted by Gasteiger charge is -2.11. The Kier molecular flexibility index (Phi) is 5.21. The van der Waals surface area contributed by atoms with Crippen LogP contribution in [0, 0.1) is 0 Å². The van der Waals surface area contributed by atoms with Crippen molar-refractivity contribution in [3.8, 4) is 11.3 Å². The van der Waals surface area contributed by atoms with E-state index in [4.69, 9.17) is 0 Å². The molecule has 0 spiro atoms. The van der Waals surface area contributed by atoms with Gasteiger partial charge in [0, 0.05) is 31.0 Å². The lowest BCUT2D eigenvalue weighted by atomic mass is 10.1. The second kappa shape index (κ2) is 7.97. The molecule has 30 heavy (non-hydrogen) atoms. The Hall–Kier alpha value is -3.69. The molecule has 0 atom stereocenters. The maximum absolute atomic E-state index is 13.6. The second-order valence-corrected chi connectivity index (χ2v) is 6.59. The number of aryl methyl sites for hydroxylation is 1.